The molecule has 5 heteroatoms. The molecule has 0 aromatic carbocycles. The van der Waals surface area contributed by atoms with Gasteiger partial charge in [-0.2, -0.15) is 5.10 Å². The molecule has 0 atom stereocenters. The molecule has 0 unspecified atom stereocenters. The predicted octanol–water partition coefficient (Wildman–Crippen LogP) is 2.59. The molecule has 0 saturated heterocycles. The number of rotatable bonds is 6. The van der Waals surface area contributed by atoms with Crippen LogP contribution in [-0.4, -0.2) is 29.5 Å². The Kier molecular flexibility index (Phi) is 4.90. The number of nitrogens with zero attached hydrogens (tertiary/aromatic N) is 3. The second kappa shape index (κ2) is 6.86. The largest absolute Gasteiger partial charge is 0.383 e. The molecule has 2 aromatic rings. The number of aryl methyl sites for hydroxylation is 1. The second-order valence-corrected chi connectivity index (χ2v) is 4.56. The topological polar surface area (TPSA) is 51.4 Å². The van der Waals surface area contributed by atoms with Crippen LogP contribution >= 0.6 is 0 Å². The summed E-state index contributed by atoms with van der Waals surface area (Å²) in [5.41, 5.74) is 6.41. The van der Waals surface area contributed by atoms with Crippen molar-refractivity contribution in [1.82, 2.24) is 9.55 Å². The van der Waals surface area contributed by atoms with Crippen LogP contribution in [0.4, 0.5) is 5.82 Å². The number of aromatic nitrogens is 2. The Hall–Kier alpha value is -2.14. The molecule has 2 heterocycles. The lowest BCUT2D eigenvalue weighted by molar-refractivity contribution is 0.186. The van der Waals surface area contributed by atoms with E-state index in [1.807, 2.05) is 24.4 Å². The quantitative estimate of drug-likeness (QED) is 0.649. The van der Waals surface area contributed by atoms with E-state index in [2.05, 4.69) is 40.0 Å². The third kappa shape index (κ3) is 3.45. The first-order valence-corrected chi connectivity index (χ1v) is 6.58. The van der Waals surface area contributed by atoms with Crippen molar-refractivity contribution < 1.29 is 4.74 Å². The van der Waals surface area contributed by atoms with Gasteiger partial charge in [0.25, 0.3) is 0 Å². The van der Waals surface area contributed by atoms with E-state index in [1.165, 1.54) is 11.4 Å². The van der Waals surface area contributed by atoms with Gasteiger partial charge in [-0.3, -0.25) is 5.43 Å². The molecule has 0 aliphatic heterocycles. The molecular formula is C15H20N4O. The number of methoxy groups -OCH3 is 1. The summed E-state index contributed by atoms with van der Waals surface area (Å²) in [6.07, 6.45) is 3.55. The summed E-state index contributed by atoms with van der Waals surface area (Å²) in [6, 6.07) is 7.79. The van der Waals surface area contributed by atoms with E-state index < -0.39 is 0 Å². The van der Waals surface area contributed by atoms with Crippen molar-refractivity contribution in [3.63, 3.8) is 0 Å². The third-order valence-corrected chi connectivity index (χ3v) is 3.18. The molecule has 2 aromatic heterocycles. The molecule has 0 radical (unpaired) electrons. The van der Waals surface area contributed by atoms with Crippen molar-refractivity contribution in [3.8, 4) is 0 Å². The SMILES string of the molecule is COCCn1c(C)cc(/C=N/Nc2ccccn2)c1C. The van der Waals surface area contributed by atoms with Gasteiger partial charge in [-0.25, -0.2) is 4.98 Å². The number of nitrogens with one attached hydrogen (secondary N) is 1. The molecule has 0 aliphatic rings. The van der Waals surface area contributed by atoms with Gasteiger partial charge in [0.05, 0.1) is 12.8 Å². The van der Waals surface area contributed by atoms with Crippen LogP contribution in [-0.2, 0) is 11.3 Å². The van der Waals surface area contributed by atoms with Gasteiger partial charge in [0.1, 0.15) is 5.82 Å². The lowest BCUT2D eigenvalue weighted by Crippen LogP contribution is -2.07. The van der Waals surface area contributed by atoms with E-state index in [0.717, 1.165) is 17.9 Å². The van der Waals surface area contributed by atoms with Crippen LogP contribution in [0.25, 0.3) is 0 Å². The van der Waals surface area contributed by atoms with Gasteiger partial charge in [0.2, 0.25) is 0 Å². The van der Waals surface area contributed by atoms with Gasteiger partial charge >= 0.3 is 0 Å². The molecule has 106 valence electrons. The molecular weight excluding hydrogens is 252 g/mol. The van der Waals surface area contributed by atoms with Gasteiger partial charge in [0.15, 0.2) is 0 Å². The van der Waals surface area contributed by atoms with Crippen LogP contribution in [0.1, 0.15) is 17.0 Å². The van der Waals surface area contributed by atoms with E-state index in [-0.39, 0.29) is 0 Å². The predicted molar refractivity (Wildman–Crippen MR) is 81.2 cm³/mol. The number of anilines is 1. The monoisotopic (exact) mass is 272 g/mol. The zero-order valence-corrected chi connectivity index (χ0v) is 12.1. The molecule has 0 fully saturated rings. The van der Waals surface area contributed by atoms with Crippen LogP contribution in [0.15, 0.2) is 35.6 Å². The van der Waals surface area contributed by atoms with E-state index in [1.54, 1.807) is 13.3 Å². The Morgan fingerprint density at radius 1 is 1.40 bits per heavy atom. The molecule has 5 nitrogen and oxygen atoms in total. The summed E-state index contributed by atoms with van der Waals surface area (Å²) in [7, 11) is 1.72. The van der Waals surface area contributed by atoms with E-state index in [4.69, 9.17) is 4.74 Å². The molecule has 0 aliphatic carbocycles. The van der Waals surface area contributed by atoms with Gasteiger partial charge in [-0.05, 0) is 32.0 Å². The van der Waals surface area contributed by atoms with E-state index >= 15 is 0 Å². The molecule has 0 spiro atoms. The minimum atomic E-state index is 0.707. The average molecular weight is 272 g/mol. The van der Waals surface area contributed by atoms with Crippen LogP contribution < -0.4 is 5.43 Å². The highest BCUT2D eigenvalue weighted by molar-refractivity contribution is 5.82. The Balaban J connectivity index is 2.06. The van der Waals surface area contributed by atoms with Crippen molar-refractivity contribution >= 4 is 12.0 Å². The number of hydrazone groups is 1. The fourth-order valence-electron chi connectivity index (χ4n) is 2.08. The first kappa shape index (κ1) is 14.3. The summed E-state index contributed by atoms with van der Waals surface area (Å²) in [5.74, 6) is 0.733. The van der Waals surface area contributed by atoms with Gasteiger partial charge in [0, 0.05) is 36.8 Å². The van der Waals surface area contributed by atoms with Crippen molar-refractivity contribution in [2.75, 3.05) is 19.1 Å². The maximum absolute atomic E-state index is 5.13. The average Bonchev–Trinajstić information content (AvgIpc) is 2.73. The Morgan fingerprint density at radius 3 is 2.95 bits per heavy atom. The van der Waals surface area contributed by atoms with Crippen LogP contribution in [0.3, 0.4) is 0 Å². The van der Waals surface area contributed by atoms with Gasteiger partial charge < -0.3 is 9.30 Å². The molecule has 2 rings (SSSR count). The van der Waals surface area contributed by atoms with E-state index in [9.17, 15) is 0 Å². The highest BCUT2D eigenvalue weighted by atomic mass is 16.5. The Labute approximate surface area is 119 Å². The van der Waals surface area contributed by atoms with E-state index in [0.29, 0.717) is 6.61 Å². The van der Waals surface area contributed by atoms with Crippen molar-refractivity contribution in [2.45, 2.75) is 20.4 Å². The highest BCUT2D eigenvalue weighted by Crippen LogP contribution is 2.13. The standard InChI is InChI=1S/C15H20N4O/c1-12-10-14(13(2)19(12)8-9-20-3)11-17-18-15-6-4-5-7-16-15/h4-7,10-11H,8-9H2,1-3H3,(H,16,18)/b17-11+. The third-order valence-electron chi connectivity index (χ3n) is 3.18. The molecule has 0 bridgehead atoms. The van der Waals surface area contributed by atoms with Crippen molar-refractivity contribution in [1.29, 1.82) is 0 Å². The fourth-order valence-corrected chi connectivity index (χ4v) is 2.08. The minimum absolute atomic E-state index is 0.707. The normalized spacial score (nSPS) is 11.2. The lowest BCUT2D eigenvalue weighted by Gasteiger charge is -2.08. The minimum Gasteiger partial charge on any atom is -0.383 e. The summed E-state index contributed by atoms with van der Waals surface area (Å²) >= 11 is 0. The number of hydrogen-bond donors (Lipinski definition) is 1. The summed E-state index contributed by atoms with van der Waals surface area (Å²) in [5, 5.41) is 4.23. The molecule has 1 N–H and O–H groups in total. The summed E-state index contributed by atoms with van der Waals surface area (Å²) < 4.78 is 7.36. The smallest absolute Gasteiger partial charge is 0.146 e. The highest BCUT2D eigenvalue weighted by Gasteiger charge is 2.06. The van der Waals surface area contributed by atoms with Crippen LogP contribution in [0.2, 0.25) is 0 Å². The van der Waals surface area contributed by atoms with Gasteiger partial charge in [-0.15, -0.1) is 0 Å². The Morgan fingerprint density at radius 2 is 2.25 bits per heavy atom. The first-order valence-electron chi connectivity index (χ1n) is 6.58. The zero-order chi connectivity index (χ0) is 14.4. The lowest BCUT2D eigenvalue weighted by atomic mass is 10.3. The number of pyridine rings is 1. The fraction of sp³-hybridized carbons (Fsp3) is 0.333. The molecule has 0 saturated carbocycles. The van der Waals surface area contributed by atoms with Gasteiger partial charge in [-0.1, -0.05) is 6.07 Å². The van der Waals surface area contributed by atoms with Crippen LogP contribution in [0.5, 0.6) is 0 Å². The number of hydrogen-bond acceptors (Lipinski definition) is 4. The van der Waals surface area contributed by atoms with Crippen LogP contribution in [0, 0.1) is 13.8 Å². The maximum atomic E-state index is 5.13. The Bertz CT molecular complexity index is 575. The molecule has 20 heavy (non-hydrogen) atoms. The zero-order valence-electron chi connectivity index (χ0n) is 12.1. The van der Waals surface area contributed by atoms with Crippen molar-refractivity contribution in [3.05, 3.63) is 47.4 Å². The second-order valence-electron chi connectivity index (χ2n) is 4.56. The van der Waals surface area contributed by atoms with Crippen molar-refractivity contribution in [2.24, 2.45) is 5.10 Å². The summed E-state index contributed by atoms with van der Waals surface area (Å²) in [4.78, 5) is 4.15. The molecule has 0 amide bonds. The maximum Gasteiger partial charge on any atom is 0.146 e. The summed E-state index contributed by atoms with van der Waals surface area (Å²) in [6.45, 7) is 5.74. The first-order chi connectivity index (χ1) is 9.72. The number of ether oxygens (including phenoxy) is 1.